The van der Waals surface area contributed by atoms with Crippen molar-refractivity contribution in [3.8, 4) is 0 Å². The van der Waals surface area contributed by atoms with Crippen LogP contribution in [-0.4, -0.2) is 16.6 Å². The van der Waals surface area contributed by atoms with Gasteiger partial charge in [-0.15, -0.1) is 0 Å². The summed E-state index contributed by atoms with van der Waals surface area (Å²) >= 11 is 10.9. The summed E-state index contributed by atoms with van der Waals surface area (Å²) in [7, 11) is 0. The molecule has 1 saturated carbocycles. The summed E-state index contributed by atoms with van der Waals surface area (Å²) in [6.07, 6.45) is 5.99. The van der Waals surface area contributed by atoms with Crippen LogP contribution < -0.4 is 0 Å². The summed E-state index contributed by atoms with van der Waals surface area (Å²) in [6, 6.07) is 8.09. The number of halogens is 4. The molecule has 1 nitrogen and oxygen atoms in total. The Kier molecular flexibility index (Phi) is 7.39. The van der Waals surface area contributed by atoms with E-state index in [1.165, 1.54) is 5.56 Å². The van der Waals surface area contributed by atoms with Gasteiger partial charge in [0, 0.05) is 6.61 Å². The van der Waals surface area contributed by atoms with Crippen LogP contribution in [0.1, 0.15) is 43.6 Å². The molecule has 0 aliphatic heterocycles. The number of hydrogen-bond acceptors (Lipinski definition) is 1. The summed E-state index contributed by atoms with van der Waals surface area (Å²) in [6.45, 7) is 0.837. The van der Waals surface area contributed by atoms with Crippen LogP contribution in [0.5, 0.6) is 0 Å². The highest BCUT2D eigenvalue weighted by atomic mass is 80.0. The van der Waals surface area contributed by atoms with Crippen molar-refractivity contribution in [3.05, 3.63) is 35.6 Å². The van der Waals surface area contributed by atoms with Crippen molar-refractivity contribution in [1.82, 2.24) is 0 Å². The van der Waals surface area contributed by atoms with E-state index in [0.29, 0.717) is 12.0 Å². The largest absolute Gasteiger partial charge is 0.378 e. The normalized spacial score (nSPS) is 23.2. The van der Waals surface area contributed by atoms with Crippen molar-refractivity contribution < 1.29 is 9.13 Å². The predicted molar refractivity (Wildman–Crippen MR) is 99.3 cm³/mol. The Balaban J connectivity index is 1.67. The van der Waals surface area contributed by atoms with E-state index in [-0.39, 0.29) is 5.82 Å². The van der Waals surface area contributed by atoms with Crippen LogP contribution in [0.3, 0.4) is 0 Å². The van der Waals surface area contributed by atoms with E-state index >= 15 is 0 Å². The Morgan fingerprint density at radius 1 is 1.05 bits per heavy atom. The van der Waals surface area contributed by atoms with Crippen LogP contribution >= 0.6 is 45.9 Å². The van der Waals surface area contributed by atoms with E-state index in [9.17, 15) is 4.39 Å². The zero-order valence-corrected chi connectivity index (χ0v) is 17.6. The van der Waals surface area contributed by atoms with Crippen molar-refractivity contribution in [2.24, 2.45) is 0 Å². The van der Waals surface area contributed by atoms with Crippen molar-refractivity contribution >= 4 is 49.8 Å². The van der Waals surface area contributed by atoms with Gasteiger partial charge in [-0.05, 0) is 61.8 Å². The zero-order chi connectivity index (χ0) is 15.3. The fourth-order valence-electron chi connectivity index (χ4n) is 2.82. The SMILES string of the molecule is Fc1ccc([C@H]2CC[C@H](OCCC[Si](Br)(Br)Br)CC2)cc1. The summed E-state index contributed by atoms with van der Waals surface area (Å²) in [5, 5.41) is 0. The molecule has 21 heavy (non-hydrogen) atoms. The molecule has 0 bridgehead atoms. The summed E-state index contributed by atoms with van der Waals surface area (Å²) < 4.78 is 17.5. The zero-order valence-electron chi connectivity index (χ0n) is 11.8. The van der Waals surface area contributed by atoms with E-state index < -0.39 is 3.93 Å². The first kappa shape index (κ1) is 18.1. The molecule has 1 aliphatic carbocycles. The van der Waals surface area contributed by atoms with E-state index in [0.717, 1.165) is 44.8 Å². The molecule has 1 aromatic rings. The van der Waals surface area contributed by atoms with Gasteiger partial charge >= 0.3 is 0 Å². The van der Waals surface area contributed by atoms with Gasteiger partial charge < -0.3 is 4.74 Å². The van der Waals surface area contributed by atoms with Gasteiger partial charge in [-0.2, -0.15) is 0 Å². The summed E-state index contributed by atoms with van der Waals surface area (Å²) in [5.74, 6) is 0.416. The molecule has 1 aromatic carbocycles. The molecule has 0 N–H and O–H groups in total. The van der Waals surface area contributed by atoms with Crippen LogP contribution in [0.25, 0.3) is 0 Å². The Morgan fingerprint density at radius 2 is 1.67 bits per heavy atom. The van der Waals surface area contributed by atoms with E-state index in [1.807, 2.05) is 12.1 Å². The van der Waals surface area contributed by atoms with Crippen molar-refractivity contribution in [2.75, 3.05) is 6.61 Å². The van der Waals surface area contributed by atoms with Gasteiger partial charge in [-0.1, -0.05) is 58.0 Å². The molecule has 0 saturated heterocycles. The maximum Gasteiger partial charge on any atom is 0.267 e. The van der Waals surface area contributed by atoms with Crippen molar-refractivity contribution in [1.29, 1.82) is 0 Å². The highest BCUT2D eigenvalue weighted by molar-refractivity contribution is 9.72. The van der Waals surface area contributed by atoms with Crippen molar-refractivity contribution in [2.45, 2.75) is 50.2 Å². The van der Waals surface area contributed by atoms with E-state index in [1.54, 1.807) is 12.1 Å². The molecular formula is C15H20Br3FOSi. The van der Waals surface area contributed by atoms with E-state index in [4.69, 9.17) is 4.74 Å². The molecule has 0 amide bonds. The Bertz CT molecular complexity index is 428. The fraction of sp³-hybridized carbons (Fsp3) is 0.600. The Hall–Kier alpha value is 0.767. The predicted octanol–water partition coefficient (Wildman–Crippen LogP) is 6.38. The second-order valence-corrected chi connectivity index (χ2v) is 29.1. The molecule has 1 aliphatic rings. The third kappa shape index (κ3) is 6.81. The van der Waals surface area contributed by atoms with Crippen LogP contribution in [-0.2, 0) is 4.74 Å². The first-order valence-electron chi connectivity index (χ1n) is 7.38. The fourth-order valence-corrected chi connectivity index (χ4v) is 5.89. The summed E-state index contributed by atoms with van der Waals surface area (Å²) in [4.78, 5) is 0. The van der Waals surface area contributed by atoms with Crippen LogP contribution in [0.4, 0.5) is 4.39 Å². The van der Waals surface area contributed by atoms with Gasteiger partial charge in [0.25, 0.3) is 3.93 Å². The highest BCUT2D eigenvalue weighted by Gasteiger charge is 2.24. The average Bonchev–Trinajstić information content (AvgIpc) is 2.44. The van der Waals surface area contributed by atoms with E-state index in [2.05, 4.69) is 45.9 Å². The van der Waals surface area contributed by atoms with Gasteiger partial charge in [0.05, 0.1) is 6.10 Å². The standard InChI is InChI=1S/C15H20Br3FOSi/c16-21(17,18)11-1-10-20-15-8-4-13(5-9-15)12-2-6-14(19)7-3-12/h2-3,6-7,13,15H,1,4-5,8-11H2/t13-,15-. The van der Waals surface area contributed by atoms with Crippen LogP contribution in [0, 0.1) is 5.82 Å². The lowest BCUT2D eigenvalue weighted by Crippen LogP contribution is -2.21. The van der Waals surface area contributed by atoms with Gasteiger partial charge in [0.2, 0.25) is 0 Å². The lowest BCUT2D eigenvalue weighted by atomic mass is 9.83. The van der Waals surface area contributed by atoms with Gasteiger partial charge in [0.15, 0.2) is 0 Å². The molecule has 0 spiro atoms. The molecule has 2 rings (SSSR count). The average molecular weight is 503 g/mol. The van der Waals surface area contributed by atoms with Gasteiger partial charge in [-0.25, -0.2) is 4.39 Å². The molecule has 118 valence electrons. The molecule has 1 fully saturated rings. The Labute approximate surface area is 150 Å². The third-order valence-electron chi connectivity index (χ3n) is 3.97. The minimum absolute atomic E-state index is 0.152. The minimum atomic E-state index is -1.48. The summed E-state index contributed by atoms with van der Waals surface area (Å²) in [5.41, 5.74) is 1.27. The monoisotopic (exact) mass is 500 g/mol. The molecular weight excluding hydrogens is 483 g/mol. The topological polar surface area (TPSA) is 9.23 Å². The van der Waals surface area contributed by atoms with Gasteiger partial charge in [0.1, 0.15) is 5.82 Å². The number of hydrogen-bond donors (Lipinski definition) is 0. The molecule has 0 unspecified atom stereocenters. The van der Waals surface area contributed by atoms with Gasteiger partial charge in [-0.3, -0.25) is 0 Å². The quantitative estimate of drug-likeness (QED) is 0.249. The second kappa shape index (κ2) is 8.57. The van der Waals surface area contributed by atoms with Crippen LogP contribution in [0.15, 0.2) is 24.3 Å². The molecule has 0 atom stereocenters. The lowest BCUT2D eigenvalue weighted by Gasteiger charge is -2.29. The number of rotatable bonds is 6. The maximum absolute atomic E-state index is 12.9. The number of ether oxygens (including phenoxy) is 1. The third-order valence-corrected chi connectivity index (χ3v) is 8.46. The number of benzene rings is 1. The highest BCUT2D eigenvalue weighted by Crippen LogP contribution is 2.35. The van der Waals surface area contributed by atoms with Crippen molar-refractivity contribution in [3.63, 3.8) is 0 Å². The molecule has 0 heterocycles. The molecule has 6 heteroatoms. The smallest absolute Gasteiger partial charge is 0.267 e. The molecule has 0 radical (unpaired) electrons. The maximum atomic E-state index is 12.9. The first-order valence-corrected chi connectivity index (χ1v) is 16.4. The van der Waals surface area contributed by atoms with Crippen LogP contribution in [0.2, 0.25) is 6.04 Å². The minimum Gasteiger partial charge on any atom is -0.378 e. The lowest BCUT2D eigenvalue weighted by molar-refractivity contribution is 0.0251. The Morgan fingerprint density at radius 3 is 2.24 bits per heavy atom. The molecule has 0 aromatic heterocycles. The second-order valence-electron chi connectivity index (χ2n) is 5.61. The first-order chi connectivity index (χ1) is 9.94.